The highest BCUT2D eigenvalue weighted by molar-refractivity contribution is 5.95. The molecule has 37 heavy (non-hydrogen) atoms. The van der Waals surface area contributed by atoms with Gasteiger partial charge in [0.05, 0.1) is 6.04 Å². The van der Waals surface area contributed by atoms with Crippen molar-refractivity contribution in [2.75, 3.05) is 13.1 Å². The van der Waals surface area contributed by atoms with E-state index in [1.54, 1.807) is 0 Å². The average molecular weight is 512 g/mol. The Morgan fingerprint density at radius 1 is 1.08 bits per heavy atom. The Labute approximate surface area is 216 Å². The molecule has 0 spiro atoms. The maximum Gasteiger partial charge on any atom is 0.326 e. The molecule has 1 aromatic heterocycles. The Hall–Kier alpha value is -3.40. The lowest BCUT2D eigenvalue weighted by molar-refractivity contribution is -0.149. The van der Waals surface area contributed by atoms with E-state index in [-0.39, 0.29) is 18.2 Å². The minimum absolute atomic E-state index is 0.0175. The summed E-state index contributed by atoms with van der Waals surface area (Å²) in [5.41, 5.74) is 7.94. The van der Waals surface area contributed by atoms with Gasteiger partial charge in [0.15, 0.2) is 0 Å². The van der Waals surface area contributed by atoms with Crippen molar-refractivity contribution in [3.8, 4) is 0 Å². The Kier molecular flexibility index (Phi) is 8.16. The lowest BCUT2D eigenvalue weighted by atomic mass is 9.98. The second-order valence-electron chi connectivity index (χ2n) is 10.3. The zero-order valence-corrected chi connectivity index (χ0v) is 21.5. The van der Waals surface area contributed by atoms with Gasteiger partial charge in [-0.3, -0.25) is 14.4 Å². The van der Waals surface area contributed by atoms with E-state index in [9.17, 15) is 24.3 Å². The Balaban J connectivity index is 1.57. The molecule has 0 aliphatic carbocycles. The summed E-state index contributed by atoms with van der Waals surface area (Å²) in [5.74, 6) is -2.15. The van der Waals surface area contributed by atoms with Gasteiger partial charge in [-0.1, -0.05) is 38.5 Å². The van der Waals surface area contributed by atoms with Crippen molar-refractivity contribution in [2.24, 2.45) is 11.7 Å². The van der Waals surface area contributed by atoms with Crippen LogP contribution in [0, 0.1) is 5.92 Å². The van der Waals surface area contributed by atoms with Crippen LogP contribution in [0.5, 0.6) is 0 Å². The van der Waals surface area contributed by atoms with Gasteiger partial charge in [0.25, 0.3) is 0 Å². The molecule has 1 aromatic carbocycles. The van der Waals surface area contributed by atoms with Gasteiger partial charge in [-0.25, -0.2) is 4.79 Å². The number of para-hydroxylation sites is 1. The molecule has 2 fully saturated rings. The van der Waals surface area contributed by atoms with E-state index in [1.165, 1.54) is 9.80 Å². The molecule has 3 amide bonds. The SMILES string of the molecule is CCC(C)C(N)C(=O)N1CCCC1C(=O)NC(Cc1c[nH]c2ccccc12)C(=O)N1CCCC1C(=O)O. The number of hydrogen-bond donors (Lipinski definition) is 4. The molecule has 3 heterocycles. The highest BCUT2D eigenvalue weighted by atomic mass is 16.4. The molecular formula is C27H37N5O5. The van der Waals surface area contributed by atoms with Gasteiger partial charge in [0, 0.05) is 36.6 Å². The lowest BCUT2D eigenvalue weighted by Gasteiger charge is -2.31. The number of amides is 3. The zero-order chi connectivity index (χ0) is 26.7. The number of nitrogens with zero attached hydrogens (tertiary/aromatic N) is 2. The number of aliphatic carboxylic acids is 1. The summed E-state index contributed by atoms with van der Waals surface area (Å²) in [6.45, 7) is 4.65. The highest BCUT2D eigenvalue weighted by Crippen LogP contribution is 2.24. The largest absolute Gasteiger partial charge is 0.480 e. The summed E-state index contributed by atoms with van der Waals surface area (Å²) >= 11 is 0. The third-order valence-electron chi connectivity index (χ3n) is 7.92. The van der Waals surface area contributed by atoms with Crippen LogP contribution >= 0.6 is 0 Å². The number of aromatic amines is 1. The molecule has 5 atom stereocenters. The molecule has 5 N–H and O–H groups in total. The molecule has 2 aliphatic heterocycles. The summed E-state index contributed by atoms with van der Waals surface area (Å²) in [6, 6.07) is 4.40. The summed E-state index contributed by atoms with van der Waals surface area (Å²) in [4.78, 5) is 58.1. The number of H-pyrrole nitrogens is 1. The summed E-state index contributed by atoms with van der Waals surface area (Å²) < 4.78 is 0. The molecule has 0 saturated carbocycles. The number of carbonyl (C=O) groups is 4. The monoisotopic (exact) mass is 511 g/mol. The number of benzene rings is 1. The molecule has 2 aromatic rings. The number of aromatic nitrogens is 1. The van der Waals surface area contributed by atoms with Crippen molar-refractivity contribution in [2.45, 2.75) is 76.5 Å². The van der Waals surface area contributed by atoms with Crippen LogP contribution in [0.4, 0.5) is 0 Å². The molecular weight excluding hydrogens is 474 g/mol. The van der Waals surface area contributed by atoms with E-state index in [1.807, 2.05) is 44.3 Å². The van der Waals surface area contributed by atoms with Gasteiger partial charge in [-0.2, -0.15) is 0 Å². The number of carbonyl (C=O) groups excluding carboxylic acids is 3. The van der Waals surface area contributed by atoms with Crippen LogP contribution in [-0.2, 0) is 25.6 Å². The third kappa shape index (κ3) is 5.49. The Morgan fingerprint density at radius 2 is 1.73 bits per heavy atom. The molecule has 2 aliphatic rings. The second kappa shape index (κ2) is 11.3. The van der Waals surface area contributed by atoms with Crippen LogP contribution in [0.15, 0.2) is 30.5 Å². The first-order chi connectivity index (χ1) is 17.7. The molecule has 2 saturated heterocycles. The number of rotatable bonds is 9. The number of nitrogens with two attached hydrogens (primary N) is 1. The van der Waals surface area contributed by atoms with Crippen LogP contribution in [0.3, 0.4) is 0 Å². The molecule has 200 valence electrons. The standard InChI is InChI=1S/C27H37N5O5/c1-3-16(2)23(28)26(35)31-12-6-10-21(31)24(33)30-20(25(34)32-13-7-11-22(32)27(36)37)14-17-15-29-19-9-5-4-8-18(17)19/h4-5,8-9,15-16,20-23,29H,3,6-7,10-14,28H2,1-2H3,(H,30,33)(H,36,37). The predicted molar refractivity (Wildman–Crippen MR) is 138 cm³/mol. The first-order valence-electron chi connectivity index (χ1n) is 13.2. The van der Waals surface area contributed by atoms with Crippen LogP contribution in [-0.4, -0.2) is 80.8 Å². The van der Waals surface area contributed by atoms with Crippen molar-refractivity contribution in [3.05, 3.63) is 36.0 Å². The van der Waals surface area contributed by atoms with E-state index in [2.05, 4.69) is 10.3 Å². The average Bonchev–Trinajstić information content (AvgIpc) is 3.66. The normalized spacial score (nSPS) is 22.1. The van der Waals surface area contributed by atoms with Crippen molar-refractivity contribution in [1.29, 1.82) is 0 Å². The quantitative estimate of drug-likeness (QED) is 0.402. The number of carboxylic acids is 1. The second-order valence-corrected chi connectivity index (χ2v) is 10.3. The van der Waals surface area contributed by atoms with Gasteiger partial charge >= 0.3 is 5.97 Å². The van der Waals surface area contributed by atoms with E-state index < -0.39 is 42.0 Å². The van der Waals surface area contributed by atoms with Gasteiger partial charge in [-0.15, -0.1) is 0 Å². The summed E-state index contributed by atoms with van der Waals surface area (Å²) in [5, 5.41) is 13.5. The molecule has 10 nitrogen and oxygen atoms in total. The van der Waals surface area contributed by atoms with E-state index >= 15 is 0 Å². The summed E-state index contributed by atoms with van der Waals surface area (Å²) in [7, 11) is 0. The number of carboxylic acid groups (broad SMARTS) is 1. The van der Waals surface area contributed by atoms with Crippen molar-refractivity contribution in [3.63, 3.8) is 0 Å². The van der Waals surface area contributed by atoms with E-state index in [4.69, 9.17) is 5.73 Å². The minimum atomic E-state index is -1.05. The fraction of sp³-hybridized carbons (Fsp3) is 0.556. The first kappa shape index (κ1) is 26.7. The van der Waals surface area contributed by atoms with E-state index in [0.717, 1.165) is 22.9 Å². The number of nitrogens with one attached hydrogen (secondary N) is 2. The first-order valence-corrected chi connectivity index (χ1v) is 13.2. The third-order valence-corrected chi connectivity index (χ3v) is 7.92. The smallest absolute Gasteiger partial charge is 0.326 e. The number of fused-ring (bicyclic) bond motifs is 1. The van der Waals surface area contributed by atoms with Crippen LogP contribution in [0.1, 0.15) is 51.5 Å². The van der Waals surface area contributed by atoms with Gasteiger partial charge in [-0.05, 0) is 43.2 Å². The minimum Gasteiger partial charge on any atom is -0.480 e. The Bertz CT molecular complexity index is 1160. The van der Waals surface area contributed by atoms with Gasteiger partial charge < -0.3 is 30.9 Å². The van der Waals surface area contributed by atoms with Crippen molar-refractivity contribution in [1.82, 2.24) is 20.1 Å². The van der Waals surface area contributed by atoms with Crippen LogP contribution in [0.25, 0.3) is 10.9 Å². The number of likely N-dealkylation sites (tertiary alicyclic amines) is 2. The topological polar surface area (TPSA) is 149 Å². The fourth-order valence-corrected chi connectivity index (χ4v) is 5.47. The Morgan fingerprint density at radius 3 is 2.41 bits per heavy atom. The molecule has 10 heteroatoms. The molecule has 0 bridgehead atoms. The van der Waals surface area contributed by atoms with Crippen molar-refractivity contribution < 1.29 is 24.3 Å². The van der Waals surface area contributed by atoms with Crippen LogP contribution in [0.2, 0.25) is 0 Å². The van der Waals surface area contributed by atoms with E-state index in [0.29, 0.717) is 38.8 Å². The summed E-state index contributed by atoms with van der Waals surface area (Å²) in [6.07, 6.45) is 4.89. The number of hydrogen-bond acceptors (Lipinski definition) is 5. The van der Waals surface area contributed by atoms with Crippen LogP contribution < -0.4 is 11.1 Å². The molecule has 0 radical (unpaired) electrons. The predicted octanol–water partition coefficient (Wildman–Crippen LogP) is 1.64. The molecule has 5 unspecified atom stereocenters. The molecule has 4 rings (SSSR count). The fourth-order valence-electron chi connectivity index (χ4n) is 5.47. The maximum atomic E-state index is 13.7. The lowest BCUT2D eigenvalue weighted by Crippen LogP contribution is -2.57. The van der Waals surface area contributed by atoms with Crippen molar-refractivity contribution >= 4 is 34.6 Å². The highest BCUT2D eigenvalue weighted by Gasteiger charge is 2.41. The van der Waals surface area contributed by atoms with Gasteiger partial charge in [0.2, 0.25) is 17.7 Å². The maximum absolute atomic E-state index is 13.7. The van der Waals surface area contributed by atoms with Gasteiger partial charge in [0.1, 0.15) is 18.1 Å². The zero-order valence-electron chi connectivity index (χ0n) is 21.5.